The molecule has 0 atom stereocenters. The molecule has 1 heterocycles. The highest BCUT2D eigenvalue weighted by Gasteiger charge is 2.11. The number of fused-ring (bicyclic) bond motifs is 1. The van der Waals surface area contributed by atoms with Gasteiger partial charge in [-0.25, -0.2) is 4.79 Å². The maximum absolute atomic E-state index is 12.0. The molecule has 0 bridgehead atoms. The number of hydrogen-bond donors (Lipinski definition) is 1. The third-order valence-electron chi connectivity index (χ3n) is 2.70. The fraction of sp³-hybridized carbons (Fsp3) is 0.333. The largest absolute Gasteiger partial charge is 0.362 e. The Morgan fingerprint density at radius 1 is 1.44 bits per heavy atom. The van der Waals surface area contributed by atoms with Gasteiger partial charge < -0.3 is 10.6 Å². The molecule has 0 saturated heterocycles. The smallest absolute Gasteiger partial charge is 0.350 e. The third-order valence-corrected chi connectivity index (χ3v) is 2.94. The molecule has 0 amide bonds. The Morgan fingerprint density at radius 2 is 2.17 bits per heavy atom. The van der Waals surface area contributed by atoms with Crippen molar-refractivity contribution in [2.24, 2.45) is 5.73 Å². The highest BCUT2D eigenvalue weighted by atomic mass is 35.5. The summed E-state index contributed by atoms with van der Waals surface area (Å²) in [5.41, 5.74) is 5.98. The van der Waals surface area contributed by atoms with E-state index >= 15 is 0 Å². The van der Waals surface area contributed by atoms with E-state index in [1.54, 1.807) is 16.7 Å². The van der Waals surface area contributed by atoms with Gasteiger partial charge in [-0.15, -0.1) is 0 Å². The molecule has 1 aromatic heterocycles. The second kappa shape index (κ2) is 4.96. The summed E-state index contributed by atoms with van der Waals surface area (Å²) in [6, 6.07) is 5.42. The van der Waals surface area contributed by atoms with Crippen molar-refractivity contribution < 1.29 is 0 Å². The molecule has 0 unspecified atom stereocenters. The third kappa shape index (κ3) is 2.19. The fourth-order valence-electron chi connectivity index (χ4n) is 1.92. The van der Waals surface area contributed by atoms with Gasteiger partial charge in [0.15, 0.2) is 0 Å². The van der Waals surface area contributed by atoms with Crippen LogP contribution < -0.4 is 16.3 Å². The molecule has 0 saturated carbocycles. The van der Waals surface area contributed by atoms with E-state index < -0.39 is 0 Å². The van der Waals surface area contributed by atoms with Crippen LogP contribution in [0.3, 0.4) is 0 Å². The molecule has 0 aliphatic heterocycles. The van der Waals surface area contributed by atoms with E-state index in [2.05, 4.69) is 4.98 Å². The van der Waals surface area contributed by atoms with Crippen LogP contribution in [-0.2, 0) is 6.54 Å². The van der Waals surface area contributed by atoms with Gasteiger partial charge in [-0.2, -0.15) is 4.98 Å². The molecular weight excluding hydrogens is 252 g/mol. The number of rotatable bonds is 3. The maximum Gasteiger partial charge on any atom is 0.350 e. The van der Waals surface area contributed by atoms with Crippen LogP contribution in [-0.4, -0.2) is 30.2 Å². The van der Waals surface area contributed by atoms with Crippen molar-refractivity contribution in [1.29, 1.82) is 0 Å². The molecule has 2 N–H and O–H groups in total. The summed E-state index contributed by atoms with van der Waals surface area (Å²) in [5, 5.41) is 1.47. The highest BCUT2D eigenvalue weighted by Crippen LogP contribution is 2.24. The maximum atomic E-state index is 12.0. The summed E-state index contributed by atoms with van der Waals surface area (Å²) >= 11 is 5.99. The molecule has 1 aromatic carbocycles. The van der Waals surface area contributed by atoms with Crippen molar-refractivity contribution in [2.75, 3.05) is 25.5 Å². The van der Waals surface area contributed by atoms with Gasteiger partial charge in [-0.1, -0.05) is 11.6 Å². The average molecular weight is 267 g/mol. The number of halogens is 1. The Kier molecular flexibility index (Phi) is 3.54. The van der Waals surface area contributed by atoms with E-state index in [1.165, 1.54) is 0 Å². The Balaban J connectivity index is 2.86. The number of hydrogen-bond acceptors (Lipinski definition) is 4. The number of aromatic nitrogens is 2. The van der Waals surface area contributed by atoms with Crippen molar-refractivity contribution >= 4 is 28.3 Å². The van der Waals surface area contributed by atoms with Gasteiger partial charge in [-0.3, -0.25) is 4.57 Å². The Bertz CT molecular complexity index is 636. The highest BCUT2D eigenvalue weighted by molar-refractivity contribution is 6.31. The molecule has 6 heteroatoms. The standard InChI is InChI=1S/C12H15ClN4O/c1-16(2)11-9-4-3-8(13)7-10(9)17(6-5-14)12(18)15-11/h3-4,7H,5-6,14H2,1-2H3. The van der Waals surface area contributed by atoms with Crippen LogP contribution >= 0.6 is 11.6 Å². The zero-order valence-electron chi connectivity index (χ0n) is 10.4. The second-order valence-corrected chi connectivity index (χ2v) is 4.65. The van der Waals surface area contributed by atoms with Gasteiger partial charge in [0.05, 0.1) is 5.52 Å². The van der Waals surface area contributed by atoms with Gasteiger partial charge in [0.1, 0.15) is 5.82 Å². The summed E-state index contributed by atoms with van der Waals surface area (Å²) < 4.78 is 1.55. The van der Waals surface area contributed by atoms with Crippen molar-refractivity contribution in [1.82, 2.24) is 9.55 Å². The molecule has 0 aliphatic rings. The SMILES string of the molecule is CN(C)c1nc(=O)n(CCN)c2cc(Cl)ccc12. The van der Waals surface area contributed by atoms with Gasteiger partial charge in [-0.05, 0) is 18.2 Å². The van der Waals surface area contributed by atoms with Crippen molar-refractivity contribution in [2.45, 2.75) is 6.54 Å². The van der Waals surface area contributed by atoms with Crippen molar-refractivity contribution in [3.05, 3.63) is 33.7 Å². The first-order valence-corrected chi connectivity index (χ1v) is 6.00. The lowest BCUT2D eigenvalue weighted by Crippen LogP contribution is -2.29. The molecule has 0 fully saturated rings. The van der Waals surface area contributed by atoms with Crippen molar-refractivity contribution in [3.8, 4) is 0 Å². The number of nitrogens with zero attached hydrogens (tertiary/aromatic N) is 3. The summed E-state index contributed by atoms with van der Waals surface area (Å²) in [4.78, 5) is 17.9. The molecular formula is C12H15ClN4O. The summed E-state index contributed by atoms with van der Waals surface area (Å²) in [7, 11) is 3.70. The Morgan fingerprint density at radius 3 is 2.78 bits per heavy atom. The molecule has 0 spiro atoms. The second-order valence-electron chi connectivity index (χ2n) is 4.21. The molecule has 18 heavy (non-hydrogen) atoms. The molecule has 2 aromatic rings. The van der Waals surface area contributed by atoms with E-state index in [0.29, 0.717) is 23.9 Å². The van der Waals surface area contributed by atoms with Crippen LogP contribution in [0.25, 0.3) is 10.9 Å². The van der Waals surface area contributed by atoms with E-state index in [-0.39, 0.29) is 5.69 Å². The van der Waals surface area contributed by atoms with Gasteiger partial charge in [0, 0.05) is 37.6 Å². The van der Waals surface area contributed by atoms with Crippen LogP contribution in [0.15, 0.2) is 23.0 Å². The number of nitrogens with two attached hydrogens (primary N) is 1. The fourth-order valence-corrected chi connectivity index (χ4v) is 2.08. The normalized spacial score (nSPS) is 10.9. The summed E-state index contributed by atoms with van der Waals surface area (Å²) in [6.07, 6.45) is 0. The van der Waals surface area contributed by atoms with Gasteiger partial charge in [0.2, 0.25) is 0 Å². The van der Waals surface area contributed by atoms with Gasteiger partial charge >= 0.3 is 5.69 Å². The Labute approximate surface area is 110 Å². The van der Waals surface area contributed by atoms with Crippen LogP contribution in [0.4, 0.5) is 5.82 Å². The average Bonchev–Trinajstić information content (AvgIpc) is 2.32. The molecule has 0 aliphatic carbocycles. The van der Waals surface area contributed by atoms with E-state index in [1.807, 2.05) is 25.1 Å². The quantitative estimate of drug-likeness (QED) is 0.903. The van der Waals surface area contributed by atoms with Crippen molar-refractivity contribution in [3.63, 3.8) is 0 Å². The number of anilines is 1. The first kappa shape index (κ1) is 12.9. The summed E-state index contributed by atoms with van der Waals surface area (Å²) in [6.45, 7) is 0.806. The first-order valence-electron chi connectivity index (χ1n) is 5.62. The molecule has 5 nitrogen and oxygen atoms in total. The van der Waals surface area contributed by atoms with E-state index in [9.17, 15) is 4.79 Å². The Hall–Kier alpha value is -1.59. The zero-order valence-corrected chi connectivity index (χ0v) is 11.1. The first-order chi connectivity index (χ1) is 8.54. The zero-order chi connectivity index (χ0) is 13.3. The minimum absolute atomic E-state index is 0.307. The topological polar surface area (TPSA) is 64.2 Å². The van der Waals surface area contributed by atoms with Crippen LogP contribution in [0.5, 0.6) is 0 Å². The van der Waals surface area contributed by atoms with Gasteiger partial charge in [0.25, 0.3) is 0 Å². The van der Waals surface area contributed by atoms with E-state index in [4.69, 9.17) is 17.3 Å². The van der Waals surface area contributed by atoms with Crippen LogP contribution in [0, 0.1) is 0 Å². The molecule has 0 radical (unpaired) electrons. The molecule has 2 rings (SSSR count). The minimum atomic E-state index is -0.307. The van der Waals surface area contributed by atoms with Crippen LogP contribution in [0.1, 0.15) is 0 Å². The van der Waals surface area contributed by atoms with Crippen LogP contribution in [0.2, 0.25) is 5.02 Å². The number of benzene rings is 1. The monoisotopic (exact) mass is 266 g/mol. The summed E-state index contributed by atoms with van der Waals surface area (Å²) in [5.74, 6) is 0.639. The lowest BCUT2D eigenvalue weighted by atomic mass is 10.2. The lowest BCUT2D eigenvalue weighted by molar-refractivity contribution is 0.685. The predicted molar refractivity (Wildman–Crippen MR) is 74.4 cm³/mol. The minimum Gasteiger partial charge on any atom is -0.362 e. The lowest BCUT2D eigenvalue weighted by Gasteiger charge is -2.16. The van der Waals surface area contributed by atoms with E-state index in [0.717, 1.165) is 10.9 Å². The molecule has 96 valence electrons. The predicted octanol–water partition coefficient (Wildman–Crippen LogP) is 1.07.